The van der Waals surface area contributed by atoms with Crippen LogP contribution in [0.5, 0.6) is 5.75 Å². The van der Waals surface area contributed by atoms with E-state index < -0.39 is 6.09 Å². The van der Waals surface area contributed by atoms with Crippen molar-refractivity contribution < 1.29 is 14.6 Å². The molecule has 108 valence electrons. The predicted octanol–water partition coefficient (Wildman–Crippen LogP) is 3.15. The van der Waals surface area contributed by atoms with E-state index in [4.69, 9.17) is 4.74 Å². The van der Waals surface area contributed by atoms with Crippen LogP contribution in [0.2, 0.25) is 0 Å². The van der Waals surface area contributed by atoms with Crippen LogP contribution >= 0.6 is 0 Å². The first-order valence-electron chi connectivity index (χ1n) is 7.05. The molecule has 0 radical (unpaired) electrons. The van der Waals surface area contributed by atoms with Gasteiger partial charge in [0.25, 0.3) is 0 Å². The Morgan fingerprint density at radius 1 is 1.14 bits per heavy atom. The predicted molar refractivity (Wildman–Crippen MR) is 80.6 cm³/mol. The molecule has 4 nitrogen and oxygen atoms in total. The van der Waals surface area contributed by atoms with Gasteiger partial charge in [-0.3, -0.25) is 5.32 Å². The third-order valence-electron chi connectivity index (χ3n) is 3.65. The van der Waals surface area contributed by atoms with Crippen molar-refractivity contribution in [3.05, 3.63) is 59.7 Å². The van der Waals surface area contributed by atoms with Crippen LogP contribution < -0.4 is 10.1 Å². The first kappa shape index (κ1) is 13.6. The lowest BCUT2D eigenvalue weighted by molar-refractivity contribution is 0.158. The number of ether oxygens (including phenoxy) is 1. The molecule has 0 bridgehead atoms. The zero-order valence-electron chi connectivity index (χ0n) is 11.6. The number of benzene rings is 2. The third-order valence-corrected chi connectivity index (χ3v) is 3.65. The standard InChI is InChI=1S/C17H17NO3/c19-13-10-9-12-5-4-8-16(15(12)11-13)18-17(20)21-14-6-2-1-3-7-14/h1-8,13,19H,9-11H2,(H,18,20)/t13-/m0/s1. The quantitative estimate of drug-likeness (QED) is 0.890. The maximum atomic E-state index is 12.0. The number of aryl methyl sites for hydroxylation is 1. The van der Waals surface area contributed by atoms with Crippen LogP contribution in [0, 0.1) is 0 Å². The van der Waals surface area contributed by atoms with Crippen molar-refractivity contribution in [1.29, 1.82) is 0 Å². The van der Waals surface area contributed by atoms with E-state index in [0.29, 0.717) is 17.9 Å². The second-order valence-corrected chi connectivity index (χ2v) is 5.17. The number of amides is 1. The van der Waals surface area contributed by atoms with Gasteiger partial charge in [0.05, 0.1) is 6.10 Å². The molecule has 0 aromatic heterocycles. The lowest BCUT2D eigenvalue weighted by Gasteiger charge is -2.23. The van der Waals surface area contributed by atoms with Gasteiger partial charge in [-0.1, -0.05) is 30.3 Å². The molecule has 2 aromatic carbocycles. The van der Waals surface area contributed by atoms with Gasteiger partial charge in [0.15, 0.2) is 0 Å². The second-order valence-electron chi connectivity index (χ2n) is 5.17. The third kappa shape index (κ3) is 3.23. The fourth-order valence-corrected chi connectivity index (χ4v) is 2.62. The Hall–Kier alpha value is -2.33. The zero-order chi connectivity index (χ0) is 14.7. The molecule has 1 amide bonds. The summed E-state index contributed by atoms with van der Waals surface area (Å²) in [5, 5.41) is 12.6. The summed E-state index contributed by atoms with van der Waals surface area (Å²) in [7, 11) is 0. The maximum absolute atomic E-state index is 12.0. The minimum atomic E-state index is -0.519. The van der Waals surface area contributed by atoms with Crippen molar-refractivity contribution in [3.8, 4) is 5.75 Å². The minimum absolute atomic E-state index is 0.342. The molecule has 1 atom stereocenters. The first-order chi connectivity index (χ1) is 10.2. The lowest BCUT2D eigenvalue weighted by atomic mass is 9.88. The molecule has 0 heterocycles. The average Bonchev–Trinajstić information content (AvgIpc) is 2.49. The number of aliphatic hydroxyl groups excluding tert-OH is 1. The van der Waals surface area contributed by atoms with Gasteiger partial charge in [0.2, 0.25) is 0 Å². The van der Waals surface area contributed by atoms with Gasteiger partial charge >= 0.3 is 6.09 Å². The van der Waals surface area contributed by atoms with Crippen molar-refractivity contribution in [2.75, 3.05) is 5.32 Å². The number of carbonyl (C=O) groups is 1. The minimum Gasteiger partial charge on any atom is -0.410 e. The van der Waals surface area contributed by atoms with E-state index in [1.165, 1.54) is 5.56 Å². The summed E-state index contributed by atoms with van der Waals surface area (Å²) in [6.07, 6.45) is 1.31. The zero-order valence-corrected chi connectivity index (χ0v) is 11.6. The van der Waals surface area contributed by atoms with Crippen LogP contribution in [0.25, 0.3) is 0 Å². The lowest BCUT2D eigenvalue weighted by Crippen LogP contribution is -2.23. The second kappa shape index (κ2) is 5.97. The van der Waals surface area contributed by atoms with E-state index in [2.05, 4.69) is 5.32 Å². The highest BCUT2D eigenvalue weighted by Crippen LogP contribution is 2.28. The summed E-state index contributed by atoms with van der Waals surface area (Å²) in [6, 6.07) is 14.7. The molecule has 2 N–H and O–H groups in total. The normalized spacial score (nSPS) is 16.9. The van der Waals surface area contributed by atoms with Crippen LogP contribution in [0.15, 0.2) is 48.5 Å². The molecule has 1 aliphatic carbocycles. The van der Waals surface area contributed by atoms with Crippen molar-refractivity contribution in [1.82, 2.24) is 0 Å². The average molecular weight is 283 g/mol. The molecular formula is C17H17NO3. The Labute approximate surface area is 123 Å². The molecule has 4 heteroatoms. The van der Waals surface area contributed by atoms with Gasteiger partial charge in [-0.05, 0) is 42.2 Å². The number of hydrogen-bond acceptors (Lipinski definition) is 3. The molecule has 0 spiro atoms. The van der Waals surface area contributed by atoms with E-state index in [0.717, 1.165) is 18.4 Å². The topological polar surface area (TPSA) is 58.6 Å². The van der Waals surface area contributed by atoms with Crippen molar-refractivity contribution in [2.24, 2.45) is 0 Å². The molecule has 0 fully saturated rings. The Bertz CT molecular complexity index is 640. The Morgan fingerprint density at radius 3 is 2.76 bits per heavy atom. The van der Waals surface area contributed by atoms with Crippen LogP contribution in [-0.4, -0.2) is 17.3 Å². The van der Waals surface area contributed by atoms with Crippen molar-refractivity contribution >= 4 is 11.8 Å². The van der Waals surface area contributed by atoms with Crippen LogP contribution in [0.3, 0.4) is 0 Å². The van der Waals surface area contributed by atoms with Gasteiger partial charge in [-0.25, -0.2) is 4.79 Å². The van der Waals surface area contributed by atoms with Gasteiger partial charge in [0.1, 0.15) is 5.75 Å². The largest absolute Gasteiger partial charge is 0.417 e. The first-order valence-corrected chi connectivity index (χ1v) is 7.05. The molecule has 0 unspecified atom stereocenters. The number of nitrogens with one attached hydrogen (secondary N) is 1. The Balaban J connectivity index is 1.75. The summed E-state index contributed by atoms with van der Waals surface area (Å²) in [5.41, 5.74) is 2.89. The number of carbonyl (C=O) groups excluding carboxylic acids is 1. The van der Waals surface area contributed by atoms with E-state index in [1.54, 1.807) is 12.1 Å². The SMILES string of the molecule is O=C(Nc1cccc2c1C[C@@H](O)CC2)Oc1ccccc1. The number of fused-ring (bicyclic) bond motifs is 1. The molecule has 21 heavy (non-hydrogen) atoms. The fraction of sp³-hybridized carbons (Fsp3) is 0.235. The summed E-state index contributed by atoms with van der Waals surface area (Å²) in [6.45, 7) is 0. The van der Waals surface area contributed by atoms with E-state index in [-0.39, 0.29) is 6.10 Å². The van der Waals surface area contributed by atoms with E-state index >= 15 is 0 Å². The molecule has 2 aromatic rings. The van der Waals surface area contributed by atoms with Crippen LogP contribution in [0.1, 0.15) is 17.5 Å². The van der Waals surface area contributed by atoms with Gasteiger partial charge in [-0.2, -0.15) is 0 Å². The Morgan fingerprint density at radius 2 is 1.95 bits per heavy atom. The highest BCUT2D eigenvalue weighted by Gasteiger charge is 2.20. The summed E-state index contributed by atoms with van der Waals surface area (Å²) in [5.74, 6) is 0.500. The highest BCUT2D eigenvalue weighted by molar-refractivity contribution is 5.87. The smallest absolute Gasteiger partial charge is 0.410 e. The van der Waals surface area contributed by atoms with E-state index in [1.807, 2.05) is 36.4 Å². The van der Waals surface area contributed by atoms with Crippen molar-refractivity contribution in [3.63, 3.8) is 0 Å². The van der Waals surface area contributed by atoms with Gasteiger partial charge < -0.3 is 9.84 Å². The molecule has 0 saturated heterocycles. The van der Waals surface area contributed by atoms with Crippen molar-refractivity contribution in [2.45, 2.75) is 25.4 Å². The van der Waals surface area contributed by atoms with E-state index in [9.17, 15) is 9.90 Å². The molecular weight excluding hydrogens is 266 g/mol. The molecule has 0 aliphatic heterocycles. The number of anilines is 1. The molecule has 0 saturated carbocycles. The van der Waals surface area contributed by atoms with Gasteiger partial charge in [-0.15, -0.1) is 0 Å². The van der Waals surface area contributed by atoms with Crippen LogP contribution in [-0.2, 0) is 12.8 Å². The number of rotatable bonds is 2. The number of hydrogen-bond donors (Lipinski definition) is 2. The summed E-state index contributed by atoms with van der Waals surface area (Å²) in [4.78, 5) is 12.0. The van der Waals surface area contributed by atoms with Crippen LogP contribution in [0.4, 0.5) is 10.5 Å². The van der Waals surface area contributed by atoms with Gasteiger partial charge in [0, 0.05) is 12.1 Å². The number of aliphatic hydroxyl groups is 1. The maximum Gasteiger partial charge on any atom is 0.417 e. The summed E-state index contributed by atoms with van der Waals surface area (Å²) >= 11 is 0. The molecule has 3 rings (SSSR count). The fourth-order valence-electron chi connectivity index (χ4n) is 2.62. The summed E-state index contributed by atoms with van der Waals surface area (Å²) < 4.78 is 5.22. The monoisotopic (exact) mass is 283 g/mol. The molecule has 1 aliphatic rings. The highest BCUT2D eigenvalue weighted by atomic mass is 16.6. The Kier molecular flexibility index (Phi) is 3.88. The number of para-hydroxylation sites is 1.